The van der Waals surface area contributed by atoms with E-state index < -0.39 is 42.4 Å². The van der Waals surface area contributed by atoms with E-state index in [0.717, 1.165) is 0 Å². The highest BCUT2D eigenvalue weighted by Gasteiger charge is 2.48. The van der Waals surface area contributed by atoms with Crippen molar-refractivity contribution in [2.24, 2.45) is 0 Å². The topological polar surface area (TPSA) is 52.6 Å². The number of halogens is 4. The van der Waals surface area contributed by atoms with Crippen LogP contribution in [-0.4, -0.2) is 36.0 Å². The fraction of sp³-hybridized carbons (Fsp3) is 0.846. The van der Waals surface area contributed by atoms with E-state index in [9.17, 15) is 27.2 Å². The van der Waals surface area contributed by atoms with E-state index in [1.807, 2.05) is 0 Å². The summed E-state index contributed by atoms with van der Waals surface area (Å²) in [5.41, 5.74) is 0. The number of carbonyl (C=O) groups excluding carboxylic acids is 2. The minimum Gasteiger partial charge on any atom is -0.456 e. The molecule has 120 valence electrons. The largest absolute Gasteiger partial charge is 0.456 e. The summed E-state index contributed by atoms with van der Waals surface area (Å²) in [6.45, 7) is 0. The van der Waals surface area contributed by atoms with Crippen LogP contribution in [0.4, 0.5) is 17.6 Å². The van der Waals surface area contributed by atoms with Crippen LogP contribution in [0, 0.1) is 0 Å². The molecule has 2 saturated carbocycles. The zero-order chi connectivity index (χ0) is 15.7. The second-order valence-electron chi connectivity index (χ2n) is 5.44. The van der Waals surface area contributed by atoms with Gasteiger partial charge in [0.15, 0.2) is 12.2 Å². The van der Waals surface area contributed by atoms with Crippen LogP contribution in [0.3, 0.4) is 0 Å². The molecule has 0 N–H and O–H groups in total. The molecular formula is C13H16F4O4. The number of hydrogen-bond donors (Lipinski definition) is 0. The first-order valence-corrected chi connectivity index (χ1v) is 6.85. The number of carbonyl (C=O) groups is 2. The van der Waals surface area contributed by atoms with Gasteiger partial charge in [-0.25, -0.2) is 17.6 Å². The van der Waals surface area contributed by atoms with Crippen LogP contribution >= 0.6 is 0 Å². The molecule has 0 aromatic carbocycles. The van der Waals surface area contributed by atoms with Crippen LogP contribution in [-0.2, 0) is 19.1 Å². The van der Waals surface area contributed by atoms with E-state index in [1.165, 1.54) is 0 Å². The smallest absolute Gasteiger partial charge is 0.317 e. The van der Waals surface area contributed by atoms with E-state index in [2.05, 4.69) is 9.47 Å². The van der Waals surface area contributed by atoms with Crippen molar-refractivity contribution in [3.05, 3.63) is 0 Å². The van der Waals surface area contributed by atoms with Crippen molar-refractivity contribution in [3.8, 4) is 0 Å². The minimum atomic E-state index is -3.10. The maximum Gasteiger partial charge on any atom is 0.317 e. The summed E-state index contributed by atoms with van der Waals surface area (Å²) in [5, 5.41) is 0. The molecule has 8 heteroatoms. The Morgan fingerprint density at radius 2 is 1.24 bits per heavy atom. The molecule has 0 amide bonds. The molecular weight excluding hydrogens is 296 g/mol. The first-order valence-electron chi connectivity index (χ1n) is 6.85. The predicted molar refractivity (Wildman–Crippen MR) is 62.0 cm³/mol. The van der Waals surface area contributed by atoms with Crippen molar-refractivity contribution in [2.75, 3.05) is 0 Å². The molecule has 0 heterocycles. The Morgan fingerprint density at radius 3 is 1.52 bits per heavy atom. The first-order chi connectivity index (χ1) is 9.71. The van der Waals surface area contributed by atoms with Gasteiger partial charge < -0.3 is 9.47 Å². The summed E-state index contributed by atoms with van der Waals surface area (Å²) in [6.07, 6.45) is -4.28. The lowest BCUT2D eigenvalue weighted by atomic mass is 10.2. The van der Waals surface area contributed by atoms with Crippen LogP contribution < -0.4 is 0 Å². The Balaban J connectivity index is 1.79. The molecule has 2 atom stereocenters. The highest BCUT2D eigenvalue weighted by Crippen LogP contribution is 2.38. The molecule has 2 aliphatic carbocycles. The fourth-order valence-corrected chi connectivity index (χ4v) is 2.60. The third-order valence-corrected chi connectivity index (χ3v) is 3.73. The maximum atomic E-state index is 13.2. The Hall–Kier alpha value is -1.34. The van der Waals surface area contributed by atoms with Crippen LogP contribution in [0.2, 0.25) is 0 Å². The molecule has 0 unspecified atom stereocenters. The highest BCUT2D eigenvalue weighted by atomic mass is 19.3. The summed E-state index contributed by atoms with van der Waals surface area (Å²) in [7, 11) is 0. The lowest BCUT2D eigenvalue weighted by molar-refractivity contribution is -0.178. The van der Waals surface area contributed by atoms with E-state index in [4.69, 9.17) is 0 Å². The van der Waals surface area contributed by atoms with Gasteiger partial charge in [-0.05, 0) is 25.7 Å². The monoisotopic (exact) mass is 312 g/mol. The zero-order valence-corrected chi connectivity index (χ0v) is 11.2. The fourth-order valence-electron chi connectivity index (χ4n) is 2.60. The molecule has 0 spiro atoms. The van der Waals surface area contributed by atoms with Gasteiger partial charge in [0.25, 0.3) is 11.8 Å². The molecule has 0 saturated heterocycles. The van der Waals surface area contributed by atoms with Crippen LogP contribution in [0.5, 0.6) is 0 Å². The van der Waals surface area contributed by atoms with Crippen molar-refractivity contribution in [3.63, 3.8) is 0 Å². The van der Waals surface area contributed by atoms with Crippen LogP contribution in [0.15, 0.2) is 0 Å². The second kappa shape index (κ2) is 5.81. The van der Waals surface area contributed by atoms with Gasteiger partial charge in [0.2, 0.25) is 0 Å². The van der Waals surface area contributed by atoms with E-state index in [-0.39, 0.29) is 38.5 Å². The van der Waals surface area contributed by atoms with Gasteiger partial charge in [0, 0.05) is 12.8 Å². The summed E-state index contributed by atoms with van der Waals surface area (Å²) in [5.74, 6) is -8.54. The molecule has 0 aliphatic heterocycles. The van der Waals surface area contributed by atoms with Crippen molar-refractivity contribution in [1.82, 2.24) is 0 Å². The Kier molecular flexibility index (Phi) is 4.43. The van der Waals surface area contributed by atoms with Gasteiger partial charge in [-0.15, -0.1) is 0 Å². The molecule has 0 bridgehead atoms. The van der Waals surface area contributed by atoms with Gasteiger partial charge in [-0.3, -0.25) is 9.59 Å². The average molecular weight is 312 g/mol. The Bertz CT molecular complexity index is 386. The van der Waals surface area contributed by atoms with Crippen LogP contribution in [0.25, 0.3) is 0 Å². The lowest BCUT2D eigenvalue weighted by Gasteiger charge is -2.21. The van der Waals surface area contributed by atoms with E-state index in [1.54, 1.807) is 0 Å². The number of rotatable bonds is 4. The van der Waals surface area contributed by atoms with Gasteiger partial charge in [-0.1, -0.05) is 0 Å². The highest BCUT2D eigenvalue weighted by molar-refractivity contribution is 5.91. The zero-order valence-electron chi connectivity index (χ0n) is 11.2. The molecule has 4 nitrogen and oxygen atoms in total. The Morgan fingerprint density at radius 1 is 0.857 bits per heavy atom. The van der Waals surface area contributed by atoms with Crippen molar-refractivity contribution in [2.45, 2.75) is 69.0 Å². The quantitative estimate of drug-likeness (QED) is 0.455. The summed E-state index contributed by atoms with van der Waals surface area (Å²) >= 11 is 0. The number of alkyl halides is 4. The third-order valence-electron chi connectivity index (χ3n) is 3.73. The molecule has 2 fully saturated rings. The summed E-state index contributed by atoms with van der Waals surface area (Å²) in [6, 6.07) is 0. The third kappa shape index (κ3) is 3.85. The number of esters is 2. The first kappa shape index (κ1) is 16.0. The van der Waals surface area contributed by atoms with Gasteiger partial charge in [0.05, 0.1) is 0 Å². The summed E-state index contributed by atoms with van der Waals surface area (Å²) in [4.78, 5) is 22.8. The molecule has 0 aromatic rings. The lowest BCUT2D eigenvalue weighted by Crippen LogP contribution is -2.35. The van der Waals surface area contributed by atoms with Gasteiger partial charge in [0.1, 0.15) is 6.42 Å². The SMILES string of the molecule is O=C(CC(=O)O[C@H]1CCCC1(F)F)O[C@H]1CCCC1(F)F. The average Bonchev–Trinajstić information content (AvgIpc) is 2.82. The maximum absolute atomic E-state index is 13.2. The standard InChI is InChI=1S/C13H16F4O4/c14-12(15)5-1-3-8(12)20-10(18)7-11(19)21-9-4-2-6-13(9,16)17/h8-9H,1-7H2/t8-,9-/m0/s1. The molecule has 2 aliphatic rings. The van der Waals surface area contributed by atoms with Crippen molar-refractivity contribution < 1.29 is 36.6 Å². The van der Waals surface area contributed by atoms with Crippen LogP contribution in [0.1, 0.15) is 44.9 Å². The second-order valence-corrected chi connectivity index (χ2v) is 5.44. The minimum absolute atomic E-state index is 0.0223. The van der Waals surface area contributed by atoms with Crippen molar-refractivity contribution in [1.29, 1.82) is 0 Å². The molecule has 2 rings (SSSR count). The van der Waals surface area contributed by atoms with E-state index >= 15 is 0 Å². The van der Waals surface area contributed by atoms with E-state index in [0.29, 0.717) is 0 Å². The van der Waals surface area contributed by atoms with Crippen molar-refractivity contribution >= 4 is 11.9 Å². The number of ether oxygens (including phenoxy) is 2. The van der Waals surface area contributed by atoms with Gasteiger partial charge >= 0.3 is 11.9 Å². The number of hydrogen-bond acceptors (Lipinski definition) is 4. The molecule has 21 heavy (non-hydrogen) atoms. The van der Waals surface area contributed by atoms with Gasteiger partial charge in [-0.2, -0.15) is 0 Å². The normalized spacial score (nSPS) is 30.1. The molecule has 0 aromatic heterocycles. The summed E-state index contributed by atoms with van der Waals surface area (Å²) < 4.78 is 62.0. The molecule has 0 radical (unpaired) electrons. The predicted octanol–water partition coefficient (Wildman–Crippen LogP) is 2.84. The Labute approximate surface area is 118 Å².